The molecule has 4 rings (SSSR count). The van der Waals surface area contributed by atoms with E-state index in [1.54, 1.807) is 60.7 Å². The van der Waals surface area contributed by atoms with Crippen LogP contribution in [0.15, 0.2) is 108 Å². The van der Waals surface area contributed by atoms with Gasteiger partial charge in [0, 0.05) is 11.1 Å². The SMILES string of the molecule is Cc1ccc(S(=O)(=O)Oc2ccc(C(=O)COC(=O)c3ccccc3NC(=O)c3ccccc3)cc2)cc1. The van der Waals surface area contributed by atoms with Gasteiger partial charge in [-0.2, -0.15) is 8.42 Å². The molecule has 0 saturated heterocycles. The highest BCUT2D eigenvalue weighted by molar-refractivity contribution is 7.87. The second-order valence-electron chi connectivity index (χ2n) is 8.24. The number of aryl methyl sites for hydroxylation is 1. The highest BCUT2D eigenvalue weighted by Crippen LogP contribution is 2.21. The molecule has 192 valence electrons. The number of amides is 1. The normalized spacial score (nSPS) is 10.9. The first-order valence-electron chi connectivity index (χ1n) is 11.5. The Morgan fingerprint density at radius 2 is 1.37 bits per heavy atom. The molecule has 4 aromatic carbocycles. The molecule has 0 saturated carbocycles. The summed E-state index contributed by atoms with van der Waals surface area (Å²) in [5.41, 5.74) is 1.87. The van der Waals surface area contributed by atoms with Crippen molar-refractivity contribution in [1.82, 2.24) is 0 Å². The molecule has 0 aliphatic heterocycles. The van der Waals surface area contributed by atoms with Gasteiger partial charge in [0.15, 0.2) is 12.4 Å². The van der Waals surface area contributed by atoms with E-state index in [1.165, 1.54) is 42.5 Å². The molecule has 8 nitrogen and oxygen atoms in total. The van der Waals surface area contributed by atoms with Crippen LogP contribution < -0.4 is 9.50 Å². The Labute approximate surface area is 220 Å². The Morgan fingerprint density at radius 3 is 2.05 bits per heavy atom. The smallest absolute Gasteiger partial charge is 0.340 e. The molecule has 0 aliphatic rings. The summed E-state index contributed by atoms with van der Waals surface area (Å²) in [6.45, 7) is 1.29. The standard InChI is InChI=1S/C29H23NO7S/c1-20-11-17-24(18-12-20)38(34,35)37-23-15-13-21(14-16-23)27(31)19-36-29(33)25-9-5-6-10-26(25)30-28(32)22-7-3-2-4-8-22/h2-18H,19H2,1H3,(H,30,32). The fourth-order valence-electron chi connectivity index (χ4n) is 3.42. The summed E-state index contributed by atoms with van der Waals surface area (Å²) >= 11 is 0. The molecule has 4 aromatic rings. The van der Waals surface area contributed by atoms with E-state index < -0.39 is 34.4 Å². The summed E-state index contributed by atoms with van der Waals surface area (Å²) in [5, 5.41) is 2.68. The summed E-state index contributed by atoms with van der Waals surface area (Å²) in [6.07, 6.45) is 0. The Kier molecular flexibility index (Phi) is 7.98. The van der Waals surface area contributed by atoms with Crippen LogP contribution in [-0.2, 0) is 14.9 Å². The minimum absolute atomic E-state index is 0.00963. The van der Waals surface area contributed by atoms with Crippen molar-refractivity contribution in [2.45, 2.75) is 11.8 Å². The zero-order valence-corrected chi connectivity index (χ0v) is 21.1. The van der Waals surface area contributed by atoms with Crippen LogP contribution in [0.1, 0.15) is 36.6 Å². The van der Waals surface area contributed by atoms with Gasteiger partial charge in [-0.3, -0.25) is 9.59 Å². The predicted molar refractivity (Wildman–Crippen MR) is 141 cm³/mol. The van der Waals surface area contributed by atoms with Crippen molar-refractivity contribution in [3.63, 3.8) is 0 Å². The molecule has 0 unspecified atom stereocenters. The number of Topliss-reactive ketones (excluding diaryl/α,β-unsaturated/α-hetero) is 1. The lowest BCUT2D eigenvalue weighted by Gasteiger charge is -2.11. The quantitative estimate of drug-likeness (QED) is 0.183. The maximum atomic E-state index is 12.7. The second kappa shape index (κ2) is 11.5. The van der Waals surface area contributed by atoms with Gasteiger partial charge in [-0.05, 0) is 67.6 Å². The second-order valence-corrected chi connectivity index (χ2v) is 9.79. The highest BCUT2D eigenvalue weighted by atomic mass is 32.2. The third-order valence-corrected chi connectivity index (χ3v) is 6.72. The summed E-state index contributed by atoms with van der Waals surface area (Å²) < 4.78 is 35.2. The van der Waals surface area contributed by atoms with Crippen molar-refractivity contribution in [1.29, 1.82) is 0 Å². The number of para-hydroxylation sites is 1. The molecule has 0 radical (unpaired) electrons. The van der Waals surface area contributed by atoms with E-state index in [-0.39, 0.29) is 27.5 Å². The summed E-state index contributed by atoms with van der Waals surface area (Å²) in [5.74, 6) is -1.65. The average molecular weight is 530 g/mol. The maximum Gasteiger partial charge on any atom is 0.340 e. The van der Waals surface area contributed by atoms with Crippen molar-refractivity contribution in [2.24, 2.45) is 0 Å². The molecule has 0 aliphatic carbocycles. The lowest BCUT2D eigenvalue weighted by Crippen LogP contribution is -2.18. The van der Waals surface area contributed by atoms with E-state index in [0.717, 1.165) is 5.56 Å². The van der Waals surface area contributed by atoms with Crippen LogP contribution in [0.5, 0.6) is 5.75 Å². The lowest BCUT2D eigenvalue weighted by atomic mass is 10.1. The van der Waals surface area contributed by atoms with Crippen LogP contribution in [0.4, 0.5) is 5.69 Å². The van der Waals surface area contributed by atoms with Crippen LogP contribution in [-0.4, -0.2) is 32.7 Å². The van der Waals surface area contributed by atoms with Crippen LogP contribution in [0.25, 0.3) is 0 Å². The van der Waals surface area contributed by atoms with Crippen molar-refractivity contribution in [3.05, 3.63) is 125 Å². The summed E-state index contributed by atoms with van der Waals surface area (Å²) in [7, 11) is -4.03. The van der Waals surface area contributed by atoms with Crippen LogP contribution in [0.2, 0.25) is 0 Å². The fraction of sp³-hybridized carbons (Fsp3) is 0.0690. The summed E-state index contributed by atoms with van der Waals surface area (Å²) in [6, 6.07) is 26.5. The largest absolute Gasteiger partial charge is 0.454 e. The number of ether oxygens (including phenoxy) is 1. The molecule has 0 atom stereocenters. The minimum Gasteiger partial charge on any atom is -0.454 e. The van der Waals surface area contributed by atoms with E-state index in [4.69, 9.17) is 8.92 Å². The number of ketones is 1. The Hall–Kier alpha value is -4.76. The third-order valence-electron chi connectivity index (χ3n) is 5.46. The number of esters is 1. The number of carbonyl (C=O) groups is 3. The maximum absolute atomic E-state index is 12.7. The van der Waals surface area contributed by atoms with Gasteiger partial charge in [0.1, 0.15) is 10.6 Å². The van der Waals surface area contributed by atoms with Gasteiger partial charge in [0.2, 0.25) is 0 Å². The van der Waals surface area contributed by atoms with Gasteiger partial charge in [-0.25, -0.2) is 4.79 Å². The number of rotatable bonds is 9. The highest BCUT2D eigenvalue weighted by Gasteiger charge is 2.19. The van der Waals surface area contributed by atoms with Crippen LogP contribution in [0.3, 0.4) is 0 Å². The molecule has 0 aromatic heterocycles. The lowest BCUT2D eigenvalue weighted by molar-refractivity contribution is 0.0475. The first kappa shape index (κ1) is 26.3. The van der Waals surface area contributed by atoms with Crippen LogP contribution in [0, 0.1) is 6.92 Å². The van der Waals surface area contributed by atoms with Gasteiger partial charge < -0.3 is 14.2 Å². The number of anilines is 1. The van der Waals surface area contributed by atoms with Gasteiger partial charge in [0.05, 0.1) is 11.3 Å². The zero-order chi connectivity index (χ0) is 27.1. The Bertz CT molecular complexity index is 1560. The monoisotopic (exact) mass is 529 g/mol. The number of benzene rings is 4. The molecule has 0 heterocycles. The van der Waals surface area contributed by atoms with Crippen LogP contribution >= 0.6 is 0 Å². The number of hydrogen-bond donors (Lipinski definition) is 1. The van der Waals surface area contributed by atoms with Gasteiger partial charge >= 0.3 is 16.1 Å². The number of hydrogen-bond acceptors (Lipinski definition) is 7. The van der Waals surface area contributed by atoms with Crippen molar-refractivity contribution in [3.8, 4) is 5.75 Å². The Balaban J connectivity index is 1.37. The number of nitrogens with one attached hydrogen (secondary N) is 1. The van der Waals surface area contributed by atoms with Crippen molar-refractivity contribution in [2.75, 3.05) is 11.9 Å². The Morgan fingerprint density at radius 1 is 0.737 bits per heavy atom. The van der Waals surface area contributed by atoms with E-state index >= 15 is 0 Å². The average Bonchev–Trinajstić information content (AvgIpc) is 2.92. The first-order chi connectivity index (χ1) is 18.2. The molecule has 0 bridgehead atoms. The van der Waals surface area contributed by atoms with Gasteiger partial charge in [-0.15, -0.1) is 0 Å². The molecule has 0 spiro atoms. The molecule has 38 heavy (non-hydrogen) atoms. The van der Waals surface area contributed by atoms with E-state index in [0.29, 0.717) is 5.56 Å². The van der Waals surface area contributed by atoms with Gasteiger partial charge in [0.25, 0.3) is 5.91 Å². The summed E-state index contributed by atoms with van der Waals surface area (Å²) in [4.78, 5) is 37.7. The molecule has 1 N–H and O–H groups in total. The molecule has 9 heteroatoms. The zero-order valence-electron chi connectivity index (χ0n) is 20.3. The van der Waals surface area contributed by atoms with Crippen molar-refractivity contribution >= 4 is 33.5 Å². The topological polar surface area (TPSA) is 116 Å². The van der Waals surface area contributed by atoms with E-state index in [2.05, 4.69) is 5.32 Å². The first-order valence-corrected chi connectivity index (χ1v) is 12.9. The fourth-order valence-corrected chi connectivity index (χ4v) is 4.35. The molecule has 1 amide bonds. The van der Waals surface area contributed by atoms with E-state index in [1.807, 2.05) is 6.92 Å². The molecular formula is C29H23NO7S. The van der Waals surface area contributed by atoms with Crippen molar-refractivity contribution < 1.29 is 31.7 Å². The van der Waals surface area contributed by atoms with Gasteiger partial charge in [-0.1, -0.05) is 48.0 Å². The molecule has 0 fully saturated rings. The molecular weight excluding hydrogens is 506 g/mol. The predicted octanol–water partition coefficient (Wildman–Crippen LogP) is 5.05. The van der Waals surface area contributed by atoms with E-state index in [9.17, 15) is 22.8 Å². The minimum atomic E-state index is -4.03. The number of carbonyl (C=O) groups excluding carboxylic acids is 3. The third kappa shape index (κ3) is 6.51.